The van der Waals surface area contributed by atoms with Crippen LogP contribution < -0.4 is 10.6 Å². The highest BCUT2D eigenvalue weighted by Crippen LogP contribution is 2.21. The van der Waals surface area contributed by atoms with E-state index >= 15 is 0 Å². The molecule has 5 heteroatoms. The molecule has 0 saturated carbocycles. The summed E-state index contributed by atoms with van der Waals surface area (Å²) >= 11 is 4.92. The summed E-state index contributed by atoms with van der Waals surface area (Å²) < 4.78 is 0. The zero-order valence-corrected chi connectivity index (χ0v) is 10.7. The van der Waals surface area contributed by atoms with Gasteiger partial charge in [-0.25, -0.2) is 4.98 Å². The van der Waals surface area contributed by atoms with Crippen molar-refractivity contribution in [2.75, 3.05) is 18.0 Å². The normalized spacial score (nSPS) is 24.7. The van der Waals surface area contributed by atoms with Crippen molar-refractivity contribution in [2.45, 2.75) is 19.4 Å². The molecule has 2 atom stereocenters. The third kappa shape index (κ3) is 2.73. The molecule has 2 rings (SSSR count). The monoisotopic (exact) mass is 251 g/mol. The molecular formula is C12H17N3OS. The van der Waals surface area contributed by atoms with Gasteiger partial charge in [-0.05, 0) is 24.5 Å². The number of hydrogen-bond acceptors (Lipinski definition) is 4. The van der Waals surface area contributed by atoms with E-state index in [-0.39, 0.29) is 12.0 Å². The van der Waals surface area contributed by atoms with Crippen molar-refractivity contribution in [1.29, 1.82) is 0 Å². The molecule has 1 aromatic heterocycles. The highest BCUT2D eigenvalue weighted by molar-refractivity contribution is 7.80. The molecule has 1 aliphatic rings. The fourth-order valence-corrected chi connectivity index (χ4v) is 2.19. The molecule has 2 unspecified atom stereocenters. The first-order chi connectivity index (χ1) is 8.08. The van der Waals surface area contributed by atoms with Crippen LogP contribution in [0.2, 0.25) is 0 Å². The molecule has 0 amide bonds. The lowest BCUT2D eigenvalue weighted by Gasteiger charge is -2.35. The van der Waals surface area contributed by atoms with Crippen molar-refractivity contribution < 1.29 is 5.11 Å². The average Bonchev–Trinajstić information content (AvgIpc) is 2.33. The van der Waals surface area contributed by atoms with Gasteiger partial charge in [-0.15, -0.1) is 0 Å². The maximum absolute atomic E-state index is 9.70. The van der Waals surface area contributed by atoms with E-state index in [9.17, 15) is 5.11 Å². The Morgan fingerprint density at radius 3 is 3.00 bits per heavy atom. The third-order valence-electron chi connectivity index (χ3n) is 3.17. The molecule has 0 radical (unpaired) electrons. The Morgan fingerprint density at radius 1 is 1.59 bits per heavy atom. The van der Waals surface area contributed by atoms with E-state index in [0.717, 1.165) is 25.3 Å². The van der Waals surface area contributed by atoms with Crippen LogP contribution in [0.5, 0.6) is 0 Å². The smallest absolute Gasteiger partial charge is 0.129 e. The van der Waals surface area contributed by atoms with Gasteiger partial charge in [-0.3, -0.25) is 0 Å². The number of nitrogens with zero attached hydrogens (tertiary/aromatic N) is 2. The topological polar surface area (TPSA) is 62.4 Å². The summed E-state index contributed by atoms with van der Waals surface area (Å²) in [5.74, 6) is 1.15. The maximum atomic E-state index is 9.70. The molecule has 92 valence electrons. The van der Waals surface area contributed by atoms with Gasteiger partial charge in [0.1, 0.15) is 10.8 Å². The number of hydrogen-bond donors (Lipinski definition) is 2. The Labute approximate surface area is 106 Å². The van der Waals surface area contributed by atoms with Gasteiger partial charge in [0.25, 0.3) is 0 Å². The van der Waals surface area contributed by atoms with Crippen LogP contribution in [0.3, 0.4) is 0 Å². The lowest BCUT2D eigenvalue weighted by atomic mass is 9.97. The van der Waals surface area contributed by atoms with E-state index in [0.29, 0.717) is 10.7 Å². The predicted octanol–water partition coefficient (Wildman–Crippen LogP) is 0.923. The molecule has 1 aromatic rings. The minimum atomic E-state index is -0.204. The molecule has 0 spiro atoms. The molecular weight excluding hydrogens is 234 g/mol. The summed E-state index contributed by atoms with van der Waals surface area (Å²) in [7, 11) is 0. The number of aliphatic hydroxyl groups is 1. The van der Waals surface area contributed by atoms with Crippen molar-refractivity contribution in [3.63, 3.8) is 0 Å². The van der Waals surface area contributed by atoms with Crippen LogP contribution >= 0.6 is 12.2 Å². The number of rotatable bonds is 2. The number of piperidine rings is 1. The second-order valence-electron chi connectivity index (χ2n) is 4.52. The molecule has 1 saturated heterocycles. The molecule has 1 fully saturated rings. The van der Waals surface area contributed by atoms with Gasteiger partial charge in [-0.1, -0.05) is 25.2 Å². The number of aromatic nitrogens is 1. The molecule has 0 aromatic carbocycles. The van der Waals surface area contributed by atoms with Crippen LogP contribution in [0.15, 0.2) is 18.2 Å². The van der Waals surface area contributed by atoms with Crippen molar-refractivity contribution in [3.8, 4) is 0 Å². The average molecular weight is 251 g/mol. The van der Waals surface area contributed by atoms with E-state index in [1.165, 1.54) is 0 Å². The lowest BCUT2D eigenvalue weighted by molar-refractivity contribution is 0.0969. The first-order valence-corrected chi connectivity index (χ1v) is 6.18. The fourth-order valence-electron chi connectivity index (χ4n) is 2.08. The zero-order chi connectivity index (χ0) is 12.4. The predicted molar refractivity (Wildman–Crippen MR) is 72.1 cm³/mol. The van der Waals surface area contributed by atoms with Crippen LogP contribution in [-0.4, -0.2) is 34.3 Å². The van der Waals surface area contributed by atoms with Crippen molar-refractivity contribution in [2.24, 2.45) is 11.7 Å². The van der Waals surface area contributed by atoms with Crippen LogP contribution in [0.25, 0.3) is 0 Å². The molecule has 0 bridgehead atoms. The SMILES string of the molecule is CC1CN(c2cccc(C(N)=S)n2)CCC1O. The van der Waals surface area contributed by atoms with Crippen molar-refractivity contribution in [1.82, 2.24) is 4.98 Å². The number of pyridine rings is 1. The van der Waals surface area contributed by atoms with Crippen LogP contribution in [0.1, 0.15) is 19.0 Å². The first-order valence-electron chi connectivity index (χ1n) is 5.78. The summed E-state index contributed by atoms with van der Waals surface area (Å²) in [6.07, 6.45) is 0.574. The number of nitrogens with two attached hydrogens (primary N) is 1. The van der Waals surface area contributed by atoms with Gasteiger partial charge in [0.15, 0.2) is 0 Å². The van der Waals surface area contributed by atoms with E-state index in [1.54, 1.807) is 0 Å². The van der Waals surface area contributed by atoms with Crippen LogP contribution in [0, 0.1) is 5.92 Å². The van der Waals surface area contributed by atoms with Crippen LogP contribution in [0.4, 0.5) is 5.82 Å². The maximum Gasteiger partial charge on any atom is 0.129 e. The van der Waals surface area contributed by atoms with E-state index < -0.39 is 0 Å². The minimum Gasteiger partial charge on any atom is -0.393 e. The summed E-state index contributed by atoms with van der Waals surface area (Å²) in [4.78, 5) is 6.92. The number of anilines is 1. The van der Waals surface area contributed by atoms with Gasteiger partial charge in [-0.2, -0.15) is 0 Å². The molecule has 4 nitrogen and oxygen atoms in total. The lowest BCUT2D eigenvalue weighted by Crippen LogP contribution is -2.42. The Bertz CT molecular complexity index is 424. The number of thiocarbonyl (C=S) groups is 1. The molecule has 2 heterocycles. The standard InChI is InChI=1S/C12H17N3OS/c1-8-7-15(6-5-10(8)16)11-4-2-3-9(14-11)12(13)17/h2-4,8,10,16H,5-7H2,1H3,(H2,13,17). The molecule has 1 aliphatic heterocycles. The van der Waals surface area contributed by atoms with Crippen molar-refractivity contribution >= 4 is 23.0 Å². The molecule has 3 N–H and O–H groups in total. The highest BCUT2D eigenvalue weighted by Gasteiger charge is 2.24. The zero-order valence-electron chi connectivity index (χ0n) is 9.84. The van der Waals surface area contributed by atoms with Gasteiger partial charge in [0, 0.05) is 13.1 Å². The molecule has 0 aliphatic carbocycles. The van der Waals surface area contributed by atoms with Crippen LogP contribution in [-0.2, 0) is 0 Å². The van der Waals surface area contributed by atoms with Gasteiger partial charge in [0.05, 0.1) is 11.8 Å². The summed E-state index contributed by atoms with van der Waals surface area (Å²) in [6.45, 7) is 3.68. The first kappa shape index (κ1) is 12.3. The largest absolute Gasteiger partial charge is 0.393 e. The van der Waals surface area contributed by atoms with E-state index in [1.807, 2.05) is 25.1 Å². The second-order valence-corrected chi connectivity index (χ2v) is 4.96. The Kier molecular flexibility index (Phi) is 3.59. The summed E-state index contributed by atoms with van der Waals surface area (Å²) in [5.41, 5.74) is 6.22. The summed E-state index contributed by atoms with van der Waals surface area (Å²) in [6, 6.07) is 5.67. The van der Waals surface area contributed by atoms with E-state index in [4.69, 9.17) is 18.0 Å². The second kappa shape index (κ2) is 4.98. The third-order valence-corrected chi connectivity index (χ3v) is 3.38. The van der Waals surface area contributed by atoms with Crippen molar-refractivity contribution in [3.05, 3.63) is 23.9 Å². The van der Waals surface area contributed by atoms with Gasteiger partial charge >= 0.3 is 0 Å². The quantitative estimate of drug-likeness (QED) is 0.765. The van der Waals surface area contributed by atoms with Gasteiger partial charge < -0.3 is 15.7 Å². The fraction of sp³-hybridized carbons (Fsp3) is 0.500. The Morgan fingerprint density at radius 2 is 2.35 bits per heavy atom. The Balaban J connectivity index is 2.17. The summed E-state index contributed by atoms with van der Waals surface area (Å²) in [5, 5.41) is 9.70. The number of aliphatic hydroxyl groups excluding tert-OH is 1. The Hall–Kier alpha value is -1.20. The van der Waals surface area contributed by atoms with Gasteiger partial charge in [0.2, 0.25) is 0 Å². The molecule has 17 heavy (non-hydrogen) atoms. The minimum absolute atomic E-state index is 0.204. The highest BCUT2D eigenvalue weighted by atomic mass is 32.1. The van der Waals surface area contributed by atoms with E-state index in [2.05, 4.69) is 9.88 Å².